The van der Waals surface area contributed by atoms with Gasteiger partial charge >= 0.3 is 0 Å². The zero-order chi connectivity index (χ0) is 12.8. The first kappa shape index (κ1) is 12.7. The molecule has 2 bridgehead atoms. The maximum atomic E-state index is 4.09. The van der Waals surface area contributed by atoms with Crippen LogP contribution in [0.5, 0.6) is 0 Å². The van der Waals surface area contributed by atoms with Gasteiger partial charge in [0.1, 0.15) is 0 Å². The molecule has 0 spiro atoms. The van der Waals surface area contributed by atoms with Crippen molar-refractivity contribution in [3.05, 3.63) is 0 Å². The van der Waals surface area contributed by atoms with Crippen molar-refractivity contribution < 1.29 is 0 Å². The lowest BCUT2D eigenvalue weighted by Crippen LogP contribution is -2.46. The Hall–Kier alpha value is -0.0400. The van der Waals surface area contributed by atoms with Gasteiger partial charge in [0.05, 0.1) is 0 Å². The van der Waals surface area contributed by atoms with Crippen molar-refractivity contribution >= 4 is 0 Å². The summed E-state index contributed by atoms with van der Waals surface area (Å²) in [6.07, 6.45) is 15.2. The first-order valence-electron chi connectivity index (χ1n) is 9.09. The molecule has 0 aliphatic heterocycles. The van der Waals surface area contributed by atoms with Gasteiger partial charge in [0, 0.05) is 12.1 Å². The summed E-state index contributed by atoms with van der Waals surface area (Å²) < 4.78 is 0. The Morgan fingerprint density at radius 1 is 0.789 bits per heavy atom. The number of fused-ring (bicyclic) bond motifs is 5. The third kappa shape index (κ3) is 2.17. The highest BCUT2D eigenvalue weighted by Gasteiger charge is 2.53. The van der Waals surface area contributed by atoms with Crippen LogP contribution >= 0.6 is 0 Å². The average molecular weight is 261 g/mol. The first-order valence-corrected chi connectivity index (χ1v) is 9.09. The minimum Gasteiger partial charge on any atom is -0.311 e. The largest absolute Gasteiger partial charge is 0.311 e. The highest BCUT2D eigenvalue weighted by atomic mass is 15.0. The van der Waals surface area contributed by atoms with Crippen molar-refractivity contribution in [2.45, 2.75) is 83.2 Å². The van der Waals surface area contributed by atoms with E-state index in [2.05, 4.69) is 12.2 Å². The van der Waals surface area contributed by atoms with E-state index in [0.717, 1.165) is 41.7 Å². The fraction of sp³-hybridized carbons (Fsp3) is 1.00. The third-order valence-electron chi connectivity index (χ3n) is 7.26. The normalized spacial score (nSPS) is 47.5. The molecule has 4 saturated carbocycles. The van der Waals surface area contributed by atoms with Gasteiger partial charge in [-0.25, -0.2) is 0 Å². The smallest absolute Gasteiger partial charge is 0.0103 e. The molecule has 6 atom stereocenters. The van der Waals surface area contributed by atoms with Crippen molar-refractivity contribution in [2.24, 2.45) is 29.6 Å². The number of nitrogens with one attached hydrogen (secondary N) is 1. The van der Waals surface area contributed by atoms with E-state index >= 15 is 0 Å². The van der Waals surface area contributed by atoms with E-state index in [4.69, 9.17) is 0 Å². The van der Waals surface area contributed by atoms with Gasteiger partial charge in [0.25, 0.3) is 0 Å². The molecule has 5 unspecified atom stereocenters. The van der Waals surface area contributed by atoms with Crippen molar-refractivity contribution in [1.29, 1.82) is 0 Å². The summed E-state index contributed by atoms with van der Waals surface area (Å²) in [4.78, 5) is 0. The summed E-state index contributed by atoms with van der Waals surface area (Å²) in [6, 6.07) is 1.67. The fourth-order valence-electron chi connectivity index (χ4n) is 6.37. The molecule has 0 radical (unpaired) electrons. The van der Waals surface area contributed by atoms with Crippen molar-refractivity contribution in [3.8, 4) is 0 Å². The summed E-state index contributed by atoms with van der Waals surface area (Å²) in [5.74, 6) is 5.41. The topological polar surface area (TPSA) is 12.0 Å². The molecule has 1 N–H and O–H groups in total. The zero-order valence-corrected chi connectivity index (χ0v) is 12.6. The number of hydrogen-bond donors (Lipinski definition) is 1. The monoisotopic (exact) mass is 261 g/mol. The molecule has 1 nitrogen and oxygen atoms in total. The van der Waals surface area contributed by atoms with Gasteiger partial charge in [-0.2, -0.15) is 0 Å². The Balaban J connectivity index is 1.36. The minimum absolute atomic E-state index is 0.782. The molecule has 0 aromatic heterocycles. The molecule has 0 amide bonds. The molecule has 4 aliphatic rings. The number of rotatable bonds is 3. The van der Waals surface area contributed by atoms with E-state index < -0.39 is 0 Å². The van der Waals surface area contributed by atoms with Gasteiger partial charge in [0.2, 0.25) is 0 Å². The van der Waals surface area contributed by atoms with Crippen LogP contribution in [0.15, 0.2) is 0 Å². The highest BCUT2D eigenvalue weighted by molar-refractivity contribution is 5.06. The molecular weight excluding hydrogens is 230 g/mol. The average Bonchev–Trinajstić information content (AvgIpc) is 3.11. The van der Waals surface area contributed by atoms with Gasteiger partial charge in [-0.15, -0.1) is 0 Å². The predicted octanol–water partition coefficient (Wildman–Crippen LogP) is 4.37. The molecule has 0 aromatic rings. The zero-order valence-electron chi connectivity index (χ0n) is 12.6. The van der Waals surface area contributed by atoms with E-state index in [1.54, 1.807) is 19.3 Å². The molecule has 1 heteroatoms. The van der Waals surface area contributed by atoms with E-state index in [1.165, 1.54) is 44.9 Å². The van der Waals surface area contributed by atoms with E-state index in [-0.39, 0.29) is 0 Å². The fourth-order valence-corrected chi connectivity index (χ4v) is 6.37. The molecule has 4 fully saturated rings. The highest BCUT2D eigenvalue weighted by Crippen LogP contribution is 2.58. The predicted molar refractivity (Wildman–Crippen MR) is 80.0 cm³/mol. The second-order valence-electron chi connectivity index (χ2n) is 8.11. The number of hydrogen-bond acceptors (Lipinski definition) is 1. The van der Waals surface area contributed by atoms with Crippen LogP contribution in [0, 0.1) is 29.6 Å². The Morgan fingerprint density at radius 2 is 1.58 bits per heavy atom. The van der Waals surface area contributed by atoms with Crippen LogP contribution in [0.25, 0.3) is 0 Å². The molecule has 19 heavy (non-hydrogen) atoms. The van der Waals surface area contributed by atoms with Gasteiger partial charge in [-0.3, -0.25) is 0 Å². The van der Waals surface area contributed by atoms with Crippen LogP contribution in [-0.4, -0.2) is 12.1 Å². The van der Waals surface area contributed by atoms with E-state index in [1.807, 2.05) is 0 Å². The van der Waals surface area contributed by atoms with Crippen molar-refractivity contribution in [1.82, 2.24) is 5.32 Å². The first-order chi connectivity index (χ1) is 9.33. The van der Waals surface area contributed by atoms with Crippen LogP contribution in [-0.2, 0) is 0 Å². The van der Waals surface area contributed by atoms with Gasteiger partial charge in [-0.05, 0) is 75.0 Å². The van der Waals surface area contributed by atoms with E-state index in [9.17, 15) is 0 Å². The minimum atomic E-state index is 0.782. The van der Waals surface area contributed by atoms with Gasteiger partial charge in [0.15, 0.2) is 0 Å². The summed E-state index contributed by atoms with van der Waals surface area (Å²) in [7, 11) is 0. The Kier molecular flexibility index (Phi) is 3.38. The Bertz CT molecular complexity index is 320. The SMILES string of the molecule is C[C@@H](NC1CC2CC1C1CCCC21)C1CCCCC1. The Labute approximate surface area is 118 Å². The lowest BCUT2D eigenvalue weighted by Gasteiger charge is -2.37. The Morgan fingerprint density at radius 3 is 2.42 bits per heavy atom. The lowest BCUT2D eigenvalue weighted by atomic mass is 9.78. The summed E-state index contributed by atoms with van der Waals surface area (Å²) in [5, 5.41) is 4.09. The molecule has 108 valence electrons. The van der Waals surface area contributed by atoms with Crippen molar-refractivity contribution in [2.75, 3.05) is 0 Å². The molecule has 4 rings (SSSR count). The van der Waals surface area contributed by atoms with E-state index in [0.29, 0.717) is 0 Å². The quantitative estimate of drug-likeness (QED) is 0.795. The summed E-state index contributed by atoms with van der Waals surface area (Å²) in [6.45, 7) is 2.48. The molecular formula is C18H31N. The second-order valence-corrected chi connectivity index (χ2v) is 8.11. The molecule has 0 aromatic carbocycles. The standard InChI is InChI=1S/C18H31N/c1-12(13-6-3-2-4-7-13)19-18-11-14-10-17(18)16-9-5-8-15(14)16/h12-19H,2-11H2,1H3/t12-,14?,15?,16?,17?,18?/m1/s1. The van der Waals surface area contributed by atoms with Crippen LogP contribution in [0.3, 0.4) is 0 Å². The summed E-state index contributed by atoms with van der Waals surface area (Å²) >= 11 is 0. The molecule has 0 heterocycles. The third-order valence-corrected chi connectivity index (χ3v) is 7.26. The lowest BCUT2D eigenvalue weighted by molar-refractivity contribution is 0.176. The summed E-state index contributed by atoms with van der Waals surface area (Å²) in [5.41, 5.74) is 0. The van der Waals surface area contributed by atoms with Crippen LogP contribution < -0.4 is 5.32 Å². The van der Waals surface area contributed by atoms with Crippen LogP contribution in [0.2, 0.25) is 0 Å². The molecule has 4 aliphatic carbocycles. The van der Waals surface area contributed by atoms with Crippen molar-refractivity contribution in [3.63, 3.8) is 0 Å². The van der Waals surface area contributed by atoms with Gasteiger partial charge in [-0.1, -0.05) is 25.7 Å². The maximum absolute atomic E-state index is 4.09. The van der Waals surface area contributed by atoms with Gasteiger partial charge < -0.3 is 5.32 Å². The maximum Gasteiger partial charge on any atom is 0.0103 e. The van der Waals surface area contributed by atoms with Crippen LogP contribution in [0.1, 0.15) is 71.1 Å². The van der Waals surface area contributed by atoms with Crippen LogP contribution in [0.4, 0.5) is 0 Å². The second kappa shape index (κ2) is 5.06. The molecule has 0 saturated heterocycles.